The predicted molar refractivity (Wildman–Crippen MR) is 72.7 cm³/mol. The lowest BCUT2D eigenvalue weighted by molar-refractivity contribution is 0.301. The third kappa shape index (κ3) is 3.60. The van der Waals surface area contributed by atoms with Crippen molar-refractivity contribution in [2.24, 2.45) is 0 Å². The molecule has 1 aromatic heterocycles. The molecule has 0 aliphatic carbocycles. The molecular formula is C12H8BrCl2NO. The van der Waals surface area contributed by atoms with Crippen LogP contribution in [-0.2, 0) is 6.61 Å². The van der Waals surface area contributed by atoms with Crippen molar-refractivity contribution in [2.45, 2.75) is 6.61 Å². The summed E-state index contributed by atoms with van der Waals surface area (Å²) >= 11 is 15.1. The van der Waals surface area contributed by atoms with Crippen LogP contribution in [0.15, 0.2) is 40.9 Å². The van der Waals surface area contributed by atoms with Crippen LogP contribution in [0.25, 0.3) is 0 Å². The van der Waals surface area contributed by atoms with E-state index in [1.807, 2.05) is 24.3 Å². The van der Waals surface area contributed by atoms with Crippen molar-refractivity contribution in [3.63, 3.8) is 0 Å². The molecule has 0 fully saturated rings. The molecule has 0 spiro atoms. The second-order valence-electron chi connectivity index (χ2n) is 3.31. The number of pyridine rings is 1. The minimum Gasteiger partial charge on any atom is -0.487 e. The zero-order valence-electron chi connectivity index (χ0n) is 8.66. The van der Waals surface area contributed by atoms with Gasteiger partial charge in [-0.2, -0.15) is 0 Å². The van der Waals surface area contributed by atoms with Gasteiger partial charge in [0.15, 0.2) is 0 Å². The molecule has 0 radical (unpaired) electrons. The minimum atomic E-state index is 0.288. The summed E-state index contributed by atoms with van der Waals surface area (Å²) in [5.74, 6) is 0.747. The minimum absolute atomic E-state index is 0.288. The third-order valence-corrected chi connectivity index (χ3v) is 3.10. The first kappa shape index (κ1) is 12.7. The van der Waals surface area contributed by atoms with Gasteiger partial charge >= 0.3 is 0 Å². The normalized spacial score (nSPS) is 10.3. The van der Waals surface area contributed by atoms with E-state index < -0.39 is 0 Å². The average Bonchev–Trinajstić information content (AvgIpc) is 2.30. The third-order valence-electron chi connectivity index (χ3n) is 2.06. The zero-order valence-corrected chi connectivity index (χ0v) is 11.8. The van der Waals surface area contributed by atoms with Crippen LogP contribution in [-0.4, -0.2) is 4.98 Å². The first-order valence-electron chi connectivity index (χ1n) is 4.84. The van der Waals surface area contributed by atoms with Crippen LogP contribution < -0.4 is 4.74 Å². The molecule has 0 unspecified atom stereocenters. The topological polar surface area (TPSA) is 22.1 Å². The van der Waals surface area contributed by atoms with E-state index in [2.05, 4.69) is 20.9 Å². The summed E-state index contributed by atoms with van der Waals surface area (Å²) in [5, 5.41) is 0.951. The molecule has 1 aromatic carbocycles. The molecule has 0 atom stereocenters. The highest BCUT2D eigenvalue weighted by Crippen LogP contribution is 2.21. The van der Waals surface area contributed by atoms with Crippen LogP contribution in [0.1, 0.15) is 5.69 Å². The maximum Gasteiger partial charge on any atom is 0.132 e. The van der Waals surface area contributed by atoms with Crippen LogP contribution in [0.3, 0.4) is 0 Å². The Hall–Kier alpha value is -0.770. The number of hydrogen-bond acceptors (Lipinski definition) is 2. The summed E-state index contributed by atoms with van der Waals surface area (Å²) in [6, 6.07) is 10.9. The lowest BCUT2D eigenvalue weighted by Crippen LogP contribution is -1.99. The molecular weight excluding hydrogens is 325 g/mol. The number of nitrogens with zero attached hydrogens (tertiary/aromatic N) is 1. The van der Waals surface area contributed by atoms with Gasteiger partial charge in [-0.15, -0.1) is 0 Å². The van der Waals surface area contributed by atoms with Crippen LogP contribution in [0, 0.1) is 0 Å². The van der Waals surface area contributed by atoms with Crippen LogP contribution in [0.4, 0.5) is 0 Å². The van der Waals surface area contributed by atoms with Gasteiger partial charge in [-0.1, -0.05) is 45.2 Å². The van der Waals surface area contributed by atoms with Gasteiger partial charge in [-0.05, 0) is 30.3 Å². The summed E-state index contributed by atoms with van der Waals surface area (Å²) in [7, 11) is 0. The van der Waals surface area contributed by atoms with Gasteiger partial charge in [-0.25, -0.2) is 4.98 Å². The number of hydrogen-bond donors (Lipinski definition) is 0. The summed E-state index contributed by atoms with van der Waals surface area (Å²) in [5.41, 5.74) is 0.624. The fourth-order valence-electron chi connectivity index (χ4n) is 1.27. The molecule has 0 saturated carbocycles. The van der Waals surface area contributed by atoms with Crippen molar-refractivity contribution in [1.82, 2.24) is 4.98 Å². The first-order valence-corrected chi connectivity index (χ1v) is 6.39. The van der Waals surface area contributed by atoms with E-state index in [0.29, 0.717) is 15.9 Å². The monoisotopic (exact) mass is 331 g/mol. The molecule has 0 N–H and O–H groups in total. The molecule has 0 saturated heterocycles. The summed E-state index contributed by atoms with van der Waals surface area (Å²) in [4.78, 5) is 4.11. The van der Waals surface area contributed by atoms with Gasteiger partial charge in [0, 0.05) is 4.47 Å². The van der Waals surface area contributed by atoms with Gasteiger partial charge < -0.3 is 4.74 Å². The average molecular weight is 333 g/mol. The zero-order chi connectivity index (χ0) is 12.3. The van der Waals surface area contributed by atoms with E-state index in [-0.39, 0.29) is 6.61 Å². The van der Waals surface area contributed by atoms with Gasteiger partial charge in [0.05, 0.1) is 10.7 Å². The molecule has 2 nitrogen and oxygen atoms in total. The van der Waals surface area contributed by atoms with Crippen molar-refractivity contribution in [2.75, 3.05) is 0 Å². The second-order valence-corrected chi connectivity index (χ2v) is 5.02. The first-order chi connectivity index (χ1) is 8.15. The quantitative estimate of drug-likeness (QED) is 0.758. The molecule has 17 heavy (non-hydrogen) atoms. The molecule has 0 aliphatic rings. The summed E-state index contributed by atoms with van der Waals surface area (Å²) in [6.07, 6.45) is 0. The molecule has 0 amide bonds. The maximum atomic E-state index is 5.98. The van der Waals surface area contributed by atoms with Crippen molar-refractivity contribution in [1.29, 1.82) is 0 Å². The summed E-state index contributed by atoms with van der Waals surface area (Å²) in [6.45, 7) is 0.288. The predicted octanol–water partition coefficient (Wildman–Crippen LogP) is 4.73. The van der Waals surface area contributed by atoms with E-state index in [1.165, 1.54) is 0 Å². The Kier molecular flexibility index (Phi) is 4.26. The fraction of sp³-hybridized carbons (Fsp3) is 0.0833. The number of ether oxygens (including phenoxy) is 1. The smallest absolute Gasteiger partial charge is 0.132 e. The van der Waals surface area contributed by atoms with Gasteiger partial charge in [0.1, 0.15) is 17.5 Å². The lowest BCUT2D eigenvalue weighted by Gasteiger charge is -2.07. The van der Waals surface area contributed by atoms with E-state index in [4.69, 9.17) is 27.9 Å². The Morgan fingerprint density at radius 3 is 2.76 bits per heavy atom. The van der Waals surface area contributed by atoms with E-state index in [9.17, 15) is 0 Å². The molecule has 0 aliphatic heterocycles. The Balaban J connectivity index is 2.09. The van der Waals surface area contributed by atoms with Crippen molar-refractivity contribution in [3.05, 3.63) is 56.7 Å². The molecule has 2 aromatic rings. The van der Waals surface area contributed by atoms with Crippen molar-refractivity contribution in [3.8, 4) is 5.75 Å². The molecule has 1 heterocycles. The fourth-order valence-corrected chi connectivity index (χ4v) is 1.97. The van der Waals surface area contributed by atoms with Crippen LogP contribution >= 0.6 is 39.1 Å². The molecule has 0 bridgehead atoms. The SMILES string of the molecule is Clc1ccc(Cl)c(COc2cccc(Br)c2)n1. The van der Waals surface area contributed by atoms with Gasteiger partial charge in [-0.3, -0.25) is 0 Å². The highest BCUT2D eigenvalue weighted by Gasteiger charge is 2.04. The van der Waals surface area contributed by atoms with Crippen LogP contribution in [0.5, 0.6) is 5.75 Å². The lowest BCUT2D eigenvalue weighted by atomic mass is 10.3. The number of benzene rings is 1. The molecule has 88 valence electrons. The van der Waals surface area contributed by atoms with Gasteiger partial charge in [0.2, 0.25) is 0 Å². The molecule has 5 heteroatoms. The largest absolute Gasteiger partial charge is 0.487 e. The van der Waals surface area contributed by atoms with Gasteiger partial charge in [0.25, 0.3) is 0 Å². The Morgan fingerprint density at radius 1 is 1.18 bits per heavy atom. The van der Waals surface area contributed by atoms with Crippen molar-refractivity contribution < 1.29 is 4.74 Å². The Bertz CT molecular complexity index is 534. The second kappa shape index (κ2) is 5.71. The highest BCUT2D eigenvalue weighted by atomic mass is 79.9. The number of rotatable bonds is 3. The van der Waals surface area contributed by atoms with Crippen LogP contribution in [0.2, 0.25) is 10.2 Å². The standard InChI is InChI=1S/C12H8BrCl2NO/c13-8-2-1-3-9(6-8)17-7-11-10(14)4-5-12(15)16-11/h1-6H,7H2. The van der Waals surface area contributed by atoms with E-state index >= 15 is 0 Å². The Morgan fingerprint density at radius 2 is 2.00 bits per heavy atom. The Labute approximate surface area is 118 Å². The van der Waals surface area contributed by atoms with E-state index in [0.717, 1.165) is 10.2 Å². The number of aromatic nitrogens is 1. The number of halogens is 3. The highest BCUT2D eigenvalue weighted by molar-refractivity contribution is 9.10. The molecule has 2 rings (SSSR count). The van der Waals surface area contributed by atoms with E-state index in [1.54, 1.807) is 12.1 Å². The maximum absolute atomic E-state index is 5.98. The van der Waals surface area contributed by atoms with Crippen molar-refractivity contribution >= 4 is 39.1 Å². The summed E-state index contributed by atoms with van der Waals surface area (Å²) < 4.78 is 6.53.